The van der Waals surface area contributed by atoms with Gasteiger partial charge in [0, 0.05) is 6.20 Å². The van der Waals surface area contributed by atoms with Crippen molar-refractivity contribution in [3.8, 4) is 0 Å². The van der Waals surface area contributed by atoms with Crippen LogP contribution < -0.4 is 11.2 Å². The van der Waals surface area contributed by atoms with E-state index in [-0.39, 0.29) is 10.5 Å². The Morgan fingerprint density at radius 2 is 1.87 bits per heavy atom. The Bertz CT molecular complexity index is 1190. The van der Waals surface area contributed by atoms with Crippen LogP contribution in [0.1, 0.15) is 17.4 Å². The van der Waals surface area contributed by atoms with Gasteiger partial charge < -0.3 is 20.1 Å². The molecule has 4 N–H and O–H groups in total. The molecule has 0 radical (unpaired) electrons. The molecule has 1 aromatic heterocycles. The second-order valence-electron chi connectivity index (χ2n) is 6.76. The molecular weight excluding hydrogens is 440 g/mol. The fourth-order valence-electron chi connectivity index (χ4n) is 2.95. The zero-order valence-electron chi connectivity index (χ0n) is 15.6. The molecule has 1 aromatic carbocycles. The molecule has 1 fully saturated rings. The van der Waals surface area contributed by atoms with Gasteiger partial charge in [0.2, 0.25) is 9.84 Å². The van der Waals surface area contributed by atoms with E-state index in [1.807, 2.05) is 4.98 Å². The van der Waals surface area contributed by atoms with E-state index in [0.29, 0.717) is 5.41 Å². The SMILES string of the molecule is Cc1ccc(S(=O)(=O)/C=C(/Cl)c2cn([C@@H]3O[C@H](CO)[C@@H](O)[C@H]3O)c(=O)[nH]c2=O)cc1. The number of benzene rings is 1. The Kier molecular flexibility index (Phi) is 6.32. The smallest absolute Gasteiger partial charge is 0.330 e. The first-order valence-corrected chi connectivity index (χ1v) is 10.6. The van der Waals surface area contributed by atoms with Crippen LogP contribution in [0.15, 0.2) is 50.4 Å². The molecule has 1 aliphatic heterocycles. The third kappa shape index (κ3) is 4.26. The highest BCUT2D eigenvalue weighted by atomic mass is 35.5. The summed E-state index contributed by atoms with van der Waals surface area (Å²) in [5.74, 6) is 0. The van der Waals surface area contributed by atoms with Crippen LogP contribution in [-0.4, -0.2) is 58.2 Å². The predicted molar refractivity (Wildman–Crippen MR) is 107 cm³/mol. The first-order valence-electron chi connectivity index (χ1n) is 8.72. The number of aryl methyl sites for hydroxylation is 1. The van der Waals surface area contributed by atoms with E-state index in [0.717, 1.165) is 16.3 Å². The van der Waals surface area contributed by atoms with Crippen molar-refractivity contribution in [1.29, 1.82) is 0 Å². The fraction of sp³-hybridized carbons (Fsp3) is 0.333. The quantitative estimate of drug-likeness (QED) is 0.465. The van der Waals surface area contributed by atoms with E-state index in [1.54, 1.807) is 19.1 Å². The lowest BCUT2D eigenvalue weighted by Gasteiger charge is -2.17. The van der Waals surface area contributed by atoms with Gasteiger partial charge in [0.15, 0.2) is 6.23 Å². The van der Waals surface area contributed by atoms with Gasteiger partial charge in [0.1, 0.15) is 18.3 Å². The molecule has 1 aliphatic rings. The Balaban J connectivity index is 2.03. The van der Waals surface area contributed by atoms with E-state index >= 15 is 0 Å². The number of halogens is 1. The van der Waals surface area contributed by atoms with Gasteiger partial charge in [0.05, 0.1) is 27.5 Å². The van der Waals surface area contributed by atoms with Crippen molar-refractivity contribution >= 4 is 26.5 Å². The minimum atomic E-state index is -4.00. The van der Waals surface area contributed by atoms with E-state index in [1.165, 1.54) is 12.1 Å². The van der Waals surface area contributed by atoms with E-state index in [9.17, 15) is 33.3 Å². The largest absolute Gasteiger partial charge is 0.394 e. The van der Waals surface area contributed by atoms with Gasteiger partial charge in [-0.05, 0) is 19.1 Å². The first-order chi connectivity index (χ1) is 14.0. The molecule has 0 saturated carbocycles. The molecule has 4 atom stereocenters. The third-order valence-electron chi connectivity index (χ3n) is 4.62. The number of rotatable bonds is 5. The molecule has 2 heterocycles. The van der Waals surface area contributed by atoms with Gasteiger partial charge in [-0.2, -0.15) is 0 Å². The number of nitrogens with one attached hydrogen (secondary N) is 1. The molecule has 0 bridgehead atoms. The lowest BCUT2D eigenvalue weighted by atomic mass is 10.1. The summed E-state index contributed by atoms with van der Waals surface area (Å²) < 4.78 is 31.1. The molecule has 12 heteroatoms. The summed E-state index contributed by atoms with van der Waals surface area (Å²) in [4.78, 5) is 26.3. The standard InChI is InChI=1S/C18H19ClN2O8S/c1-9-2-4-10(5-3-9)30(27,28)8-12(19)11-6-21(18(26)20-16(11)25)17-15(24)14(23)13(7-22)29-17/h2-6,8,13-15,17,22-24H,7H2,1H3,(H,20,25,26)/b12-8+/t13-,14-,15-,17-/m1/s1. The normalized spacial score (nSPS) is 24.9. The van der Waals surface area contributed by atoms with Crippen LogP contribution in [0.4, 0.5) is 0 Å². The van der Waals surface area contributed by atoms with Gasteiger partial charge in [-0.3, -0.25) is 14.3 Å². The highest BCUT2D eigenvalue weighted by Crippen LogP contribution is 2.29. The summed E-state index contributed by atoms with van der Waals surface area (Å²) in [6, 6.07) is 5.97. The van der Waals surface area contributed by atoms with Crippen LogP contribution >= 0.6 is 11.6 Å². The minimum Gasteiger partial charge on any atom is -0.394 e. The number of nitrogens with zero attached hydrogens (tertiary/aromatic N) is 1. The molecule has 30 heavy (non-hydrogen) atoms. The third-order valence-corrected chi connectivity index (χ3v) is 6.54. The molecule has 162 valence electrons. The van der Waals surface area contributed by atoms with Crippen LogP contribution in [0.3, 0.4) is 0 Å². The van der Waals surface area contributed by atoms with Gasteiger partial charge >= 0.3 is 5.69 Å². The number of sulfone groups is 1. The van der Waals surface area contributed by atoms with E-state index in [2.05, 4.69) is 0 Å². The second kappa shape index (κ2) is 8.46. The molecule has 1 saturated heterocycles. The van der Waals surface area contributed by atoms with E-state index < -0.39 is 57.3 Å². The molecule has 0 spiro atoms. The van der Waals surface area contributed by atoms with Crippen molar-refractivity contribution in [2.75, 3.05) is 6.61 Å². The average molecular weight is 459 g/mol. The van der Waals surface area contributed by atoms with Crippen molar-refractivity contribution < 1.29 is 28.5 Å². The highest BCUT2D eigenvalue weighted by molar-refractivity contribution is 7.94. The Hall–Kier alpha value is -2.28. The number of H-pyrrole nitrogens is 1. The van der Waals surface area contributed by atoms with Gasteiger partial charge in [-0.1, -0.05) is 29.3 Å². The van der Waals surface area contributed by atoms with Crippen LogP contribution in [-0.2, 0) is 14.6 Å². The Morgan fingerprint density at radius 1 is 1.23 bits per heavy atom. The van der Waals surface area contributed by atoms with Gasteiger partial charge in [-0.25, -0.2) is 13.2 Å². The molecule has 0 aliphatic carbocycles. The zero-order chi connectivity index (χ0) is 22.2. The molecule has 2 aromatic rings. The number of ether oxygens (including phenoxy) is 1. The molecule has 3 rings (SSSR count). The summed E-state index contributed by atoms with van der Waals surface area (Å²) in [6.45, 7) is 1.18. The maximum Gasteiger partial charge on any atom is 0.330 e. The molecule has 0 amide bonds. The minimum absolute atomic E-state index is 0.0422. The topological polar surface area (TPSA) is 159 Å². The number of aliphatic hydroxyl groups is 3. The summed E-state index contributed by atoms with van der Waals surface area (Å²) in [5.41, 5.74) is -1.46. The van der Waals surface area contributed by atoms with Crippen molar-refractivity contribution in [2.24, 2.45) is 0 Å². The van der Waals surface area contributed by atoms with Crippen LogP contribution in [0.25, 0.3) is 5.03 Å². The van der Waals surface area contributed by atoms with Crippen LogP contribution in [0.2, 0.25) is 0 Å². The number of aromatic nitrogens is 2. The zero-order valence-corrected chi connectivity index (χ0v) is 17.2. The lowest BCUT2D eigenvalue weighted by molar-refractivity contribution is -0.0550. The van der Waals surface area contributed by atoms with E-state index in [4.69, 9.17) is 16.3 Å². The van der Waals surface area contributed by atoms with Crippen LogP contribution in [0, 0.1) is 6.92 Å². The predicted octanol–water partition coefficient (Wildman–Crippen LogP) is -0.532. The van der Waals surface area contributed by atoms with Crippen molar-refractivity contribution in [3.05, 3.63) is 67.8 Å². The second-order valence-corrected chi connectivity index (χ2v) is 8.97. The highest BCUT2D eigenvalue weighted by Gasteiger charge is 2.43. The monoisotopic (exact) mass is 458 g/mol. The lowest BCUT2D eigenvalue weighted by Crippen LogP contribution is -2.38. The summed E-state index contributed by atoms with van der Waals surface area (Å²) in [6.07, 6.45) is -4.73. The molecule has 0 unspecified atom stereocenters. The Morgan fingerprint density at radius 3 is 2.43 bits per heavy atom. The van der Waals surface area contributed by atoms with Crippen molar-refractivity contribution in [1.82, 2.24) is 9.55 Å². The van der Waals surface area contributed by atoms with Crippen molar-refractivity contribution in [3.63, 3.8) is 0 Å². The number of aromatic amines is 1. The molecule has 10 nitrogen and oxygen atoms in total. The fourth-order valence-corrected chi connectivity index (χ4v) is 4.49. The number of hydrogen-bond acceptors (Lipinski definition) is 8. The number of hydrogen-bond donors (Lipinski definition) is 4. The van der Waals surface area contributed by atoms with Crippen molar-refractivity contribution in [2.45, 2.75) is 36.4 Å². The van der Waals surface area contributed by atoms with Crippen LogP contribution in [0.5, 0.6) is 0 Å². The summed E-state index contributed by atoms with van der Waals surface area (Å²) in [7, 11) is -4.00. The van der Waals surface area contributed by atoms with Gasteiger partial charge in [-0.15, -0.1) is 0 Å². The average Bonchev–Trinajstić information content (AvgIpc) is 2.96. The van der Waals surface area contributed by atoms with Gasteiger partial charge in [0.25, 0.3) is 5.56 Å². The summed E-state index contributed by atoms with van der Waals surface area (Å²) >= 11 is 6.08. The number of aliphatic hydroxyl groups excluding tert-OH is 3. The first kappa shape index (κ1) is 22.4. The molecular formula is C18H19ClN2O8S. The Labute approximate surface area is 175 Å². The summed E-state index contributed by atoms with van der Waals surface area (Å²) in [5, 5.41) is 29.4. The maximum atomic E-state index is 12.6. The maximum absolute atomic E-state index is 12.6.